The van der Waals surface area contributed by atoms with Crippen molar-refractivity contribution in [2.24, 2.45) is 0 Å². The van der Waals surface area contributed by atoms with E-state index in [-0.39, 0.29) is 25.1 Å². The van der Waals surface area contributed by atoms with E-state index in [9.17, 15) is 4.79 Å². The minimum absolute atomic E-state index is 0.0292. The van der Waals surface area contributed by atoms with Crippen LogP contribution >= 0.6 is 0 Å². The van der Waals surface area contributed by atoms with Crippen molar-refractivity contribution in [2.45, 2.75) is 19.5 Å². The Morgan fingerprint density at radius 3 is 2.96 bits per heavy atom. The van der Waals surface area contributed by atoms with Crippen LogP contribution in [0.3, 0.4) is 0 Å². The monoisotopic (exact) mass is 327 g/mol. The summed E-state index contributed by atoms with van der Waals surface area (Å²) in [4.78, 5) is 16.3. The number of amides is 1. The van der Waals surface area contributed by atoms with Gasteiger partial charge in [-0.25, -0.2) is 4.68 Å². The fourth-order valence-corrected chi connectivity index (χ4v) is 2.16. The lowest BCUT2D eigenvalue weighted by atomic mass is 10.1. The smallest absolute Gasteiger partial charge is 0.270 e. The van der Waals surface area contributed by atoms with Crippen LogP contribution in [0.25, 0.3) is 11.1 Å². The Labute approximate surface area is 137 Å². The molecule has 9 nitrogen and oxygen atoms in total. The number of carbonyl (C=O) groups is 1. The van der Waals surface area contributed by atoms with E-state index >= 15 is 0 Å². The maximum atomic E-state index is 12.4. The first kappa shape index (κ1) is 15.8. The molecule has 0 bridgehead atoms. The second-order valence-corrected chi connectivity index (χ2v) is 5.30. The Kier molecular flexibility index (Phi) is 4.62. The Morgan fingerprint density at radius 1 is 1.42 bits per heavy atom. The van der Waals surface area contributed by atoms with Gasteiger partial charge in [-0.2, -0.15) is 5.10 Å². The number of nitrogens with one attached hydrogen (secondary N) is 2. The summed E-state index contributed by atoms with van der Waals surface area (Å²) in [7, 11) is 0. The SMILES string of the molecule is C[C@@H](CO)n1cc(CNC(=O)c2[nH]ncc2-c2ccncc2)nn1. The zero-order chi connectivity index (χ0) is 16.9. The third-order valence-corrected chi connectivity index (χ3v) is 3.56. The molecule has 0 spiro atoms. The van der Waals surface area contributed by atoms with Gasteiger partial charge in [-0.1, -0.05) is 5.21 Å². The Balaban J connectivity index is 1.68. The van der Waals surface area contributed by atoms with E-state index < -0.39 is 0 Å². The summed E-state index contributed by atoms with van der Waals surface area (Å²) in [5.41, 5.74) is 2.53. The van der Waals surface area contributed by atoms with E-state index in [0.29, 0.717) is 17.0 Å². The molecule has 3 heterocycles. The highest BCUT2D eigenvalue weighted by Gasteiger charge is 2.16. The predicted octanol–water partition coefficient (Wildman–Crippen LogP) is 0.546. The van der Waals surface area contributed by atoms with Crippen molar-refractivity contribution >= 4 is 5.91 Å². The summed E-state index contributed by atoms with van der Waals surface area (Å²) in [6.45, 7) is 2.02. The number of aromatic amines is 1. The van der Waals surface area contributed by atoms with Crippen molar-refractivity contribution in [1.29, 1.82) is 0 Å². The molecule has 0 aliphatic heterocycles. The first-order valence-corrected chi connectivity index (χ1v) is 7.42. The summed E-state index contributed by atoms with van der Waals surface area (Å²) in [5, 5.41) is 26.4. The Morgan fingerprint density at radius 2 is 2.21 bits per heavy atom. The van der Waals surface area contributed by atoms with E-state index in [1.807, 2.05) is 19.1 Å². The molecule has 1 amide bonds. The zero-order valence-corrected chi connectivity index (χ0v) is 13.0. The maximum Gasteiger partial charge on any atom is 0.270 e. The number of pyridine rings is 1. The van der Waals surface area contributed by atoms with Crippen LogP contribution in [0, 0.1) is 0 Å². The molecule has 24 heavy (non-hydrogen) atoms. The summed E-state index contributed by atoms with van der Waals surface area (Å²) in [5.74, 6) is -0.288. The molecule has 9 heteroatoms. The van der Waals surface area contributed by atoms with Crippen LogP contribution in [0.5, 0.6) is 0 Å². The van der Waals surface area contributed by atoms with E-state index in [1.54, 1.807) is 29.5 Å². The number of aliphatic hydroxyl groups is 1. The number of carbonyl (C=O) groups excluding carboxylic acids is 1. The van der Waals surface area contributed by atoms with Gasteiger partial charge in [0.1, 0.15) is 11.4 Å². The molecular weight excluding hydrogens is 310 g/mol. The predicted molar refractivity (Wildman–Crippen MR) is 84.8 cm³/mol. The summed E-state index contributed by atoms with van der Waals surface area (Å²) < 4.78 is 1.56. The Bertz CT molecular complexity index is 812. The summed E-state index contributed by atoms with van der Waals surface area (Å²) >= 11 is 0. The first-order chi connectivity index (χ1) is 11.7. The molecule has 0 aliphatic rings. The number of aliphatic hydroxyl groups excluding tert-OH is 1. The molecule has 3 rings (SSSR count). The maximum absolute atomic E-state index is 12.4. The van der Waals surface area contributed by atoms with Crippen LogP contribution in [0.2, 0.25) is 0 Å². The van der Waals surface area contributed by atoms with Crippen molar-refractivity contribution in [2.75, 3.05) is 6.61 Å². The van der Waals surface area contributed by atoms with Gasteiger partial charge in [0.25, 0.3) is 5.91 Å². The number of hydrogen-bond acceptors (Lipinski definition) is 6. The van der Waals surface area contributed by atoms with Gasteiger partial charge in [0, 0.05) is 18.0 Å². The molecule has 3 aromatic heterocycles. The summed E-state index contributed by atoms with van der Waals surface area (Å²) in [6, 6.07) is 3.46. The molecule has 0 fully saturated rings. The van der Waals surface area contributed by atoms with Gasteiger partial charge in [0.15, 0.2) is 0 Å². The molecule has 0 saturated heterocycles. The molecule has 0 aliphatic carbocycles. The van der Waals surface area contributed by atoms with Gasteiger partial charge in [0.05, 0.1) is 31.6 Å². The highest BCUT2D eigenvalue weighted by Crippen LogP contribution is 2.20. The molecule has 3 N–H and O–H groups in total. The topological polar surface area (TPSA) is 122 Å². The average molecular weight is 327 g/mol. The number of hydrogen-bond donors (Lipinski definition) is 3. The van der Waals surface area contributed by atoms with Crippen LogP contribution in [-0.2, 0) is 6.54 Å². The average Bonchev–Trinajstić information content (AvgIpc) is 3.29. The third kappa shape index (κ3) is 3.30. The lowest BCUT2D eigenvalue weighted by molar-refractivity contribution is 0.0946. The van der Waals surface area contributed by atoms with Gasteiger partial charge in [-0.3, -0.25) is 14.9 Å². The van der Waals surface area contributed by atoms with Crippen LogP contribution in [0.4, 0.5) is 0 Å². The van der Waals surface area contributed by atoms with Gasteiger partial charge >= 0.3 is 0 Å². The van der Waals surface area contributed by atoms with Crippen molar-refractivity contribution in [1.82, 2.24) is 35.5 Å². The first-order valence-electron chi connectivity index (χ1n) is 7.42. The minimum atomic E-state index is -0.288. The highest BCUT2D eigenvalue weighted by molar-refractivity contribution is 5.98. The number of aromatic nitrogens is 6. The second-order valence-electron chi connectivity index (χ2n) is 5.30. The van der Waals surface area contributed by atoms with Gasteiger partial charge in [0.2, 0.25) is 0 Å². The molecule has 0 aromatic carbocycles. The molecule has 3 aromatic rings. The normalized spacial score (nSPS) is 12.1. The van der Waals surface area contributed by atoms with Gasteiger partial charge in [-0.05, 0) is 24.6 Å². The quantitative estimate of drug-likeness (QED) is 0.608. The second kappa shape index (κ2) is 7.01. The highest BCUT2D eigenvalue weighted by atomic mass is 16.3. The minimum Gasteiger partial charge on any atom is -0.394 e. The molecule has 0 radical (unpaired) electrons. The zero-order valence-electron chi connectivity index (χ0n) is 13.0. The largest absolute Gasteiger partial charge is 0.394 e. The van der Waals surface area contributed by atoms with Gasteiger partial charge in [-0.15, -0.1) is 5.10 Å². The van der Waals surface area contributed by atoms with Crippen LogP contribution in [-0.4, -0.2) is 47.8 Å². The molecule has 1 atom stereocenters. The van der Waals surface area contributed by atoms with Crippen LogP contribution in [0.15, 0.2) is 36.9 Å². The molecule has 0 unspecified atom stereocenters. The van der Waals surface area contributed by atoms with E-state index in [1.165, 1.54) is 0 Å². The fraction of sp³-hybridized carbons (Fsp3) is 0.267. The molecule has 0 saturated carbocycles. The lowest BCUT2D eigenvalue weighted by Gasteiger charge is -2.06. The van der Waals surface area contributed by atoms with E-state index in [4.69, 9.17) is 5.11 Å². The third-order valence-electron chi connectivity index (χ3n) is 3.56. The summed E-state index contributed by atoms with van der Waals surface area (Å²) in [6.07, 6.45) is 6.61. The standard InChI is InChI=1S/C15H17N7O2/c1-10(9-23)22-8-12(19-21-22)6-17-15(24)14-13(7-18-20-14)11-2-4-16-5-3-11/h2-5,7-8,10,23H,6,9H2,1H3,(H,17,24)(H,18,20)/t10-/m0/s1. The van der Waals surface area contributed by atoms with Crippen LogP contribution < -0.4 is 5.32 Å². The Hall–Kier alpha value is -3.07. The fourth-order valence-electron chi connectivity index (χ4n) is 2.16. The van der Waals surface area contributed by atoms with E-state index in [0.717, 1.165) is 5.56 Å². The van der Waals surface area contributed by atoms with Crippen molar-refractivity contribution in [3.8, 4) is 11.1 Å². The van der Waals surface area contributed by atoms with Crippen molar-refractivity contribution in [3.63, 3.8) is 0 Å². The lowest BCUT2D eigenvalue weighted by Crippen LogP contribution is -2.24. The number of nitrogens with zero attached hydrogens (tertiary/aromatic N) is 5. The van der Waals surface area contributed by atoms with Crippen LogP contribution in [0.1, 0.15) is 29.1 Å². The number of rotatable bonds is 6. The van der Waals surface area contributed by atoms with Crippen molar-refractivity contribution in [3.05, 3.63) is 48.3 Å². The number of H-pyrrole nitrogens is 1. The molecule has 124 valence electrons. The van der Waals surface area contributed by atoms with E-state index in [2.05, 4.69) is 30.8 Å². The van der Waals surface area contributed by atoms with Gasteiger partial charge < -0.3 is 10.4 Å². The molecular formula is C15H17N7O2. The van der Waals surface area contributed by atoms with Crippen molar-refractivity contribution < 1.29 is 9.90 Å².